The molecule has 3 aromatic carbocycles. The molecule has 0 bridgehead atoms. The molecule has 65 heavy (non-hydrogen) atoms. The van der Waals surface area contributed by atoms with Gasteiger partial charge in [-0.25, -0.2) is 28.1 Å². The van der Waals surface area contributed by atoms with Crippen LogP contribution in [0.15, 0.2) is 72.0 Å². The third kappa shape index (κ3) is 9.88. The van der Waals surface area contributed by atoms with Gasteiger partial charge in [-0.3, -0.25) is 38.7 Å². The fourth-order valence-electron chi connectivity index (χ4n) is 7.99. The molecule has 3 amide bonds. The van der Waals surface area contributed by atoms with E-state index in [2.05, 4.69) is 35.2 Å². The van der Waals surface area contributed by atoms with Crippen molar-refractivity contribution in [3.63, 3.8) is 0 Å². The van der Waals surface area contributed by atoms with E-state index >= 15 is 8.78 Å². The molecule has 0 aliphatic carbocycles. The first-order valence-corrected chi connectivity index (χ1v) is 22.5. The molecule has 5 heterocycles. The largest absolute Gasteiger partial charge is 0.451 e. The van der Waals surface area contributed by atoms with Crippen molar-refractivity contribution >= 4 is 56.2 Å². The molecule has 1 atom stereocenters. The summed E-state index contributed by atoms with van der Waals surface area (Å²) in [6.45, 7) is 5.08. The number of amides is 3. The Morgan fingerprint density at radius 3 is 2.34 bits per heavy atom. The average molecular weight is 918 g/mol. The highest BCUT2D eigenvalue weighted by molar-refractivity contribution is 7.90. The van der Waals surface area contributed by atoms with Crippen LogP contribution in [-0.4, -0.2) is 125 Å². The minimum absolute atomic E-state index is 0.00199. The van der Waals surface area contributed by atoms with E-state index in [0.29, 0.717) is 81.4 Å². The minimum atomic E-state index is -4.12. The summed E-state index contributed by atoms with van der Waals surface area (Å²) in [6.07, 6.45) is 6.17. The van der Waals surface area contributed by atoms with Gasteiger partial charge in [-0.2, -0.15) is 12.7 Å². The zero-order chi connectivity index (χ0) is 46.0. The van der Waals surface area contributed by atoms with E-state index in [1.54, 1.807) is 24.0 Å². The summed E-state index contributed by atoms with van der Waals surface area (Å²) < 4.78 is 80.1. The predicted octanol–water partition coefficient (Wildman–Crippen LogP) is 3.74. The zero-order valence-electron chi connectivity index (χ0n) is 35.5. The number of hydrogen-bond donors (Lipinski definition) is 3. The monoisotopic (exact) mass is 917 g/mol. The molecule has 342 valence electrons. The summed E-state index contributed by atoms with van der Waals surface area (Å²) >= 11 is 0. The second-order valence-corrected chi connectivity index (χ2v) is 17.8. The quantitative estimate of drug-likeness (QED) is 0.144. The van der Waals surface area contributed by atoms with Crippen LogP contribution >= 0.6 is 0 Å². The minimum Gasteiger partial charge on any atom is -0.451 e. The first kappa shape index (κ1) is 44.9. The molecular formula is C43H46F3N11O7S. The van der Waals surface area contributed by atoms with Gasteiger partial charge in [0.2, 0.25) is 29.4 Å². The normalized spacial score (nSPS) is 17.7. The number of ether oxygens (including phenoxy) is 1. The first-order chi connectivity index (χ1) is 31.2. The number of fused-ring (bicyclic) bond motifs is 1. The zero-order valence-corrected chi connectivity index (χ0v) is 36.3. The SMILES string of the molecule is CCN(C)S(=O)(=O)Nc1ccc(F)c(Oc2ccc3ncn(-c4cnc(N5CCN(C(=O)CN6CCC(c7ccc(N[C@H]8CCC(=O)NC8=O)cc7F)CC6)CC5)nc4)c(=O)c3c2)c1F. The van der Waals surface area contributed by atoms with Crippen molar-refractivity contribution < 1.29 is 40.7 Å². The maximum Gasteiger partial charge on any atom is 0.301 e. The van der Waals surface area contributed by atoms with Crippen LogP contribution in [0.2, 0.25) is 0 Å². The number of nitrogens with zero attached hydrogens (tertiary/aromatic N) is 8. The van der Waals surface area contributed by atoms with E-state index in [9.17, 15) is 32.0 Å². The average Bonchev–Trinajstić information content (AvgIpc) is 3.30. The van der Waals surface area contributed by atoms with Crippen LogP contribution in [0.25, 0.3) is 16.6 Å². The highest BCUT2D eigenvalue weighted by atomic mass is 32.2. The van der Waals surface area contributed by atoms with Gasteiger partial charge in [-0.15, -0.1) is 0 Å². The lowest BCUT2D eigenvalue weighted by molar-refractivity contribution is -0.134. The van der Waals surface area contributed by atoms with Crippen LogP contribution in [0, 0.1) is 17.5 Å². The van der Waals surface area contributed by atoms with Gasteiger partial charge in [0.05, 0.1) is 41.2 Å². The van der Waals surface area contributed by atoms with E-state index in [-0.39, 0.29) is 59.7 Å². The number of benzene rings is 3. The Balaban J connectivity index is 0.837. The smallest absolute Gasteiger partial charge is 0.301 e. The Hall–Kier alpha value is -6.65. The molecule has 18 nitrogen and oxygen atoms in total. The van der Waals surface area contributed by atoms with Gasteiger partial charge < -0.3 is 19.9 Å². The van der Waals surface area contributed by atoms with Gasteiger partial charge in [0.25, 0.3) is 5.56 Å². The number of aromatic nitrogens is 4. The number of piperidine rings is 2. The van der Waals surface area contributed by atoms with Crippen molar-refractivity contribution in [2.24, 2.45) is 0 Å². The van der Waals surface area contributed by atoms with Gasteiger partial charge in [0, 0.05) is 51.9 Å². The third-order valence-electron chi connectivity index (χ3n) is 11.9. The Morgan fingerprint density at radius 1 is 0.908 bits per heavy atom. The molecule has 0 spiro atoms. The molecule has 3 saturated heterocycles. The van der Waals surface area contributed by atoms with Crippen molar-refractivity contribution in [1.29, 1.82) is 0 Å². The number of carbonyl (C=O) groups excluding carboxylic acids is 3. The molecule has 0 radical (unpaired) electrons. The van der Waals surface area contributed by atoms with Gasteiger partial charge in [-0.05, 0) is 86.3 Å². The van der Waals surface area contributed by atoms with E-state index in [0.717, 1.165) is 16.4 Å². The number of nitrogens with one attached hydrogen (secondary N) is 3. The number of imide groups is 1. The molecule has 8 rings (SSSR count). The lowest BCUT2D eigenvalue weighted by Crippen LogP contribution is -2.52. The summed E-state index contributed by atoms with van der Waals surface area (Å²) in [5.41, 5.74) is 0.578. The Morgan fingerprint density at radius 2 is 1.65 bits per heavy atom. The Labute approximate surface area is 371 Å². The third-order valence-corrected chi connectivity index (χ3v) is 13.4. The molecule has 3 N–H and O–H groups in total. The lowest BCUT2D eigenvalue weighted by Gasteiger charge is -2.37. The van der Waals surface area contributed by atoms with Gasteiger partial charge >= 0.3 is 10.2 Å². The van der Waals surface area contributed by atoms with Crippen molar-refractivity contribution in [1.82, 2.24) is 38.9 Å². The lowest BCUT2D eigenvalue weighted by atomic mass is 9.89. The Bertz CT molecular complexity index is 2800. The summed E-state index contributed by atoms with van der Waals surface area (Å²) in [7, 11) is -2.83. The highest BCUT2D eigenvalue weighted by Gasteiger charge is 2.30. The molecule has 3 aliphatic rings. The van der Waals surface area contributed by atoms with Crippen LogP contribution in [0.4, 0.5) is 30.5 Å². The van der Waals surface area contributed by atoms with E-state index in [4.69, 9.17) is 4.74 Å². The van der Waals surface area contributed by atoms with Crippen molar-refractivity contribution in [2.75, 3.05) is 74.3 Å². The second-order valence-electron chi connectivity index (χ2n) is 16.0. The molecule has 0 saturated carbocycles. The summed E-state index contributed by atoms with van der Waals surface area (Å²) in [5.74, 6) is -4.07. The number of carbonyl (C=O) groups is 3. The number of halogens is 3. The summed E-state index contributed by atoms with van der Waals surface area (Å²) in [4.78, 5) is 69.7. The topological polar surface area (TPSA) is 204 Å². The fraction of sp³-hybridized carbons (Fsp3) is 0.372. The molecule has 22 heteroatoms. The number of hydrogen-bond acceptors (Lipinski definition) is 13. The van der Waals surface area contributed by atoms with Gasteiger partial charge in [0.15, 0.2) is 11.6 Å². The second kappa shape index (κ2) is 18.8. The molecule has 2 aromatic heterocycles. The van der Waals surface area contributed by atoms with E-state index in [1.165, 1.54) is 54.6 Å². The molecule has 0 unspecified atom stereocenters. The van der Waals surface area contributed by atoms with E-state index < -0.39 is 50.8 Å². The van der Waals surface area contributed by atoms with Crippen LogP contribution in [0.3, 0.4) is 0 Å². The van der Waals surface area contributed by atoms with Crippen LogP contribution in [0.5, 0.6) is 11.5 Å². The van der Waals surface area contributed by atoms with Crippen molar-refractivity contribution in [2.45, 2.75) is 44.6 Å². The van der Waals surface area contributed by atoms with Crippen molar-refractivity contribution in [3.8, 4) is 17.2 Å². The predicted molar refractivity (Wildman–Crippen MR) is 234 cm³/mol. The standard InChI is InChI=1S/C43H46F3N11O7S/c1-3-53(2)65(62,63)52-35-9-7-32(44)40(39(35)46)64-29-5-8-34-31(21-29)42(61)57(25-49-34)28-22-47-43(48-23-28)56-18-16-55(17-19-56)38(59)24-54-14-12-26(13-15-54)30-6-4-27(20-33(30)45)50-36-10-11-37(58)51-41(36)60/h4-9,20-23,25-26,36,50,52H,3,10-19,24H2,1-2H3,(H,51,58,60)/t36-/m0/s1. The molecule has 5 aromatic rings. The van der Waals surface area contributed by atoms with Gasteiger partial charge in [0.1, 0.15) is 23.9 Å². The number of anilines is 3. The highest BCUT2D eigenvalue weighted by Crippen LogP contribution is 2.34. The van der Waals surface area contributed by atoms with Crippen LogP contribution in [0.1, 0.15) is 44.1 Å². The van der Waals surface area contributed by atoms with Crippen LogP contribution < -0.4 is 30.6 Å². The number of piperazine rings is 1. The van der Waals surface area contributed by atoms with Crippen LogP contribution in [-0.2, 0) is 24.6 Å². The Kier molecular flexibility index (Phi) is 13.0. The molecular weight excluding hydrogens is 872 g/mol. The summed E-state index contributed by atoms with van der Waals surface area (Å²) in [5, 5.41) is 5.37. The van der Waals surface area contributed by atoms with E-state index in [1.807, 2.05) is 4.90 Å². The molecule has 3 fully saturated rings. The summed E-state index contributed by atoms with van der Waals surface area (Å²) in [6, 6.07) is 10.2. The van der Waals surface area contributed by atoms with Gasteiger partial charge in [-0.1, -0.05) is 13.0 Å². The maximum atomic E-state index is 15.4. The maximum absolute atomic E-state index is 15.4. The molecule has 3 aliphatic heterocycles. The first-order valence-electron chi connectivity index (χ1n) is 21.1. The van der Waals surface area contributed by atoms with Crippen molar-refractivity contribution in [3.05, 3.63) is 101 Å². The fourth-order valence-corrected chi connectivity index (χ4v) is 8.92. The number of rotatable bonds is 13. The number of likely N-dealkylation sites (tertiary alicyclic amines) is 1.